The second kappa shape index (κ2) is 11.1. The van der Waals surface area contributed by atoms with Gasteiger partial charge in [-0.15, -0.1) is 6.42 Å². The number of β-amino-alcohol motifs (C(OH)–C–C–N with tert-alkyl or cyclic N) is 1. The summed E-state index contributed by atoms with van der Waals surface area (Å²) in [5, 5.41) is 16.7. The SMILES string of the molecule is C#CCn1cc(-c2cnc(C(=O)Cc3ccc(C(=O)CC[C@@H]4CNC[C@@H]4O)c(Cl)c3)n2C)c(C(F)(F)F)n1. The molecule has 4 rings (SSSR count). The standard InChI is InChI=1S/C26H25ClF3N5O3/c1-3-8-35-14-18(24(33-35)26(28,29)30)20-12-32-25(34(20)2)22(37)10-15-4-6-17(19(27)9-15)21(36)7-5-16-11-31-13-23(16)38/h1,4,6,9,12,14,16,23,31,38H,5,7-8,10-11,13H2,2H3/t16-,23+/m1/s1. The molecular formula is C26H25ClF3N5O3. The first-order valence-electron chi connectivity index (χ1n) is 11.8. The number of benzene rings is 1. The molecule has 200 valence electrons. The lowest BCUT2D eigenvalue weighted by Gasteiger charge is -2.13. The Labute approximate surface area is 221 Å². The van der Waals surface area contributed by atoms with Crippen molar-refractivity contribution in [2.24, 2.45) is 13.0 Å². The average molecular weight is 548 g/mol. The van der Waals surface area contributed by atoms with Gasteiger partial charge in [0.15, 0.2) is 17.3 Å². The van der Waals surface area contributed by atoms with Crippen LogP contribution in [0.15, 0.2) is 30.6 Å². The Morgan fingerprint density at radius 3 is 2.68 bits per heavy atom. The molecule has 1 saturated heterocycles. The average Bonchev–Trinajstić information content (AvgIpc) is 3.55. The Morgan fingerprint density at radius 1 is 1.29 bits per heavy atom. The largest absolute Gasteiger partial charge is 0.435 e. The zero-order valence-electron chi connectivity index (χ0n) is 20.4. The van der Waals surface area contributed by atoms with Crippen molar-refractivity contribution in [1.82, 2.24) is 24.6 Å². The van der Waals surface area contributed by atoms with E-state index >= 15 is 0 Å². The minimum atomic E-state index is -4.73. The highest BCUT2D eigenvalue weighted by Crippen LogP contribution is 2.36. The zero-order chi connectivity index (χ0) is 27.6. The number of aliphatic hydroxyl groups is 1. The van der Waals surface area contributed by atoms with Crippen molar-refractivity contribution in [1.29, 1.82) is 0 Å². The fraction of sp³-hybridized carbons (Fsp3) is 0.385. The highest BCUT2D eigenvalue weighted by Gasteiger charge is 2.38. The van der Waals surface area contributed by atoms with Crippen LogP contribution in [-0.4, -0.2) is 55.2 Å². The summed E-state index contributed by atoms with van der Waals surface area (Å²) in [6, 6.07) is 4.68. The van der Waals surface area contributed by atoms with E-state index in [1.807, 2.05) is 0 Å². The van der Waals surface area contributed by atoms with E-state index in [1.54, 1.807) is 12.1 Å². The number of alkyl halides is 3. The Morgan fingerprint density at radius 2 is 2.05 bits per heavy atom. The van der Waals surface area contributed by atoms with Gasteiger partial charge >= 0.3 is 6.18 Å². The van der Waals surface area contributed by atoms with Crippen LogP contribution in [0.5, 0.6) is 0 Å². The van der Waals surface area contributed by atoms with E-state index in [0.29, 0.717) is 30.6 Å². The van der Waals surface area contributed by atoms with Gasteiger partial charge in [0.2, 0.25) is 5.78 Å². The zero-order valence-corrected chi connectivity index (χ0v) is 21.2. The summed E-state index contributed by atoms with van der Waals surface area (Å²) >= 11 is 6.34. The molecular weight excluding hydrogens is 523 g/mol. The number of hydrogen-bond donors (Lipinski definition) is 2. The fourth-order valence-corrected chi connectivity index (χ4v) is 4.84. The number of imidazole rings is 1. The van der Waals surface area contributed by atoms with Crippen LogP contribution < -0.4 is 5.32 Å². The Bertz CT molecular complexity index is 1410. The van der Waals surface area contributed by atoms with Gasteiger partial charge in [-0.1, -0.05) is 23.6 Å². The van der Waals surface area contributed by atoms with E-state index in [-0.39, 0.29) is 53.2 Å². The lowest BCUT2D eigenvalue weighted by atomic mass is 9.95. The maximum atomic E-state index is 13.6. The molecule has 0 bridgehead atoms. The van der Waals surface area contributed by atoms with Crippen molar-refractivity contribution in [3.05, 3.63) is 58.3 Å². The summed E-state index contributed by atoms with van der Waals surface area (Å²) in [6.07, 6.45) is 3.00. The predicted molar refractivity (Wildman–Crippen MR) is 134 cm³/mol. The predicted octanol–water partition coefficient (Wildman–Crippen LogP) is 3.56. The molecule has 0 radical (unpaired) electrons. The third-order valence-corrected chi connectivity index (χ3v) is 6.85. The van der Waals surface area contributed by atoms with Crippen molar-refractivity contribution in [3.8, 4) is 23.6 Å². The number of Topliss-reactive ketones (excluding diaryl/α,β-unsaturated/α-hetero) is 2. The molecule has 1 aromatic carbocycles. The maximum Gasteiger partial charge on any atom is 0.435 e. The summed E-state index contributed by atoms with van der Waals surface area (Å²) in [5.74, 6) is 1.60. The number of ketones is 2. The van der Waals surface area contributed by atoms with Crippen LogP contribution in [0.4, 0.5) is 13.2 Å². The molecule has 2 aromatic heterocycles. The Kier molecular flexibility index (Phi) is 8.06. The number of halogens is 4. The van der Waals surface area contributed by atoms with Crippen LogP contribution in [0.2, 0.25) is 5.02 Å². The molecule has 12 heteroatoms. The molecule has 8 nitrogen and oxygen atoms in total. The number of carbonyl (C=O) groups excluding carboxylic acids is 2. The fourth-order valence-electron chi connectivity index (χ4n) is 4.54. The smallest absolute Gasteiger partial charge is 0.391 e. The normalized spacial score (nSPS) is 17.5. The van der Waals surface area contributed by atoms with E-state index in [9.17, 15) is 27.9 Å². The van der Waals surface area contributed by atoms with Crippen molar-refractivity contribution >= 4 is 23.2 Å². The molecule has 0 spiro atoms. The third kappa shape index (κ3) is 5.83. The summed E-state index contributed by atoms with van der Waals surface area (Å²) < 4.78 is 43.0. The third-order valence-electron chi connectivity index (χ3n) is 6.54. The van der Waals surface area contributed by atoms with Gasteiger partial charge < -0.3 is 15.0 Å². The molecule has 3 heterocycles. The van der Waals surface area contributed by atoms with Crippen LogP contribution in [0.3, 0.4) is 0 Å². The van der Waals surface area contributed by atoms with E-state index in [1.165, 1.54) is 30.1 Å². The Balaban J connectivity index is 1.48. The molecule has 0 saturated carbocycles. The number of aliphatic hydroxyl groups excluding tert-OH is 1. The number of aromatic nitrogens is 4. The second-order valence-corrected chi connectivity index (χ2v) is 9.59. The van der Waals surface area contributed by atoms with Crippen LogP contribution in [0.25, 0.3) is 11.3 Å². The monoisotopic (exact) mass is 547 g/mol. The van der Waals surface area contributed by atoms with Crippen molar-refractivity contribution in [2.75, 3.05) is 13.1 Å². The number of terminal acetylenes is 1. The van der Waals surface area contributed by atoms with Crippen molar-refractivity contribution in [2.45, 2.75) is 38.1 Å². The first-order valence-corrected chi connectivity index (χ1v) is 12.2. The number of nitrogens with one attached hydrogen (secondary N) is 1. The molecule has 38 heavy (non-hydrogen) atoms. The molecule has 0 amide bonds. The van der Waals surface area contributed by atoms with Gasteiger partial charge in [0.25, 0.3) is 0 Å². The van der Waals surface area contributed by atoms with Gasteiger partial charge in [0.05, 0.1) is 28.6 Å². The summed E-state index contributed by atoms with van der Waals surface area (Å²) in [6.45, 7) is 1.02. The lowest BCUT2D eigenvalue weighted by Crippen LogP contribution is -2.18. The summed E-state index contributed by atoms with van der Waals surface area (Å²) in [4.78, 5) is 29.7. The molecule has 2 atom stereocenters. The molecule has 2 N–H and O–H groups in total. The van der Waals surface area contributed by atoms with Crippen LogP contribution in [0.1, 0.15) is 45.1 Å². The van der Waals surface area contributed by atoms with E-state index < -0.39 is 23.8 Å². The van der Waals surface area contributed by atoms with Gasteiger partial charge in [-0.25, -0.2) is 4.98 Å². The van der Waals surface area contributed by atoms with Gasteiger partial charge in [-0.3, -0.25) is 14.3 Å². The summed E-state index contributed by atoms with van der Waals surface area (Å²) in [7, 11) is 1.44. The molecule has 3 aromatic rings. The highest BCUT2D eigenvalue weighted by molar-refractivity contribution is 6.34. The number of carbonyl (C=O) groups is 2. The number of nitrogens with zero attached hydrogens (tertiary/aromatic N) is 4. The molecule has 0 unspecified atom stereocenters. The van der Waals surface area contributed by atoms with Gasteiger partial charge in [-0.2, -0.15) is 18.3 Å². The summed E-state index contributed by atoms with van der Waals surface area (Å²) in [5.41, 5.74) is -0.458. The van der Waals surface area contributed by atoms with Gasteiger partial charge in [0, 0.05) is 44.7 Å². The Hall–Kier alpha value is -3.46. The highest BCUT2D eigenvalue weighted by atomic mass is 35.5. The van der Waals surface area contributed by atoms with Gasteiger partial charge in [-0.05, 0) is 30.0 Å². The number of hydrogen-bond acceptors (Lipinski definition) is 6. The molecule has 1 aliphatic rings. The van der Waals surface area contributed by atoms with E-state index in [4.69, 9.17) is 18.0 Å². The second-order valence-electron chi connectivity index (χ2n) is 9.18. The molecule has 0 aliphatic carbocycles. The van der Waals surface area contributed by atoms with Crippen molar-refractivity contribution in [3.63, 3.8) is 0 Å². The van der Waals surface area contributed by atoms with E-state index in [2.05, 4.69) is 21.3 Å². The van der Waals surface area contributed by atoms with Crippen LogP contribution in [-0.2, 0) is 26.2 Å². The molecule has 1 aliphatic heterocycles. The van der Waals surface area contributed by atoms with Crippen molar-refractivity contribution < 1.29 is 27.9 Å². The van der Waals surface area contributed by atoms with Crippen LogP contribution in [0, 0.1) is 18.3 Å². The quantitative estimate of drug-likeness (QED) is 0.314. The van der Waals surface area contributed by atoms with Gasteiger partial charge in [0.1, 0.15) is 6.54 Å². The number of rotatable bonds is 9. The lowest BCUT2D eigenvalue weighted by molar-refractivity contribution is -0.141. The minimum Gasteiger partial charge on any atom is -0.391 e. The first kappa shape index (κ1) is 27.6. The topological polar surface area (TPSA) is 102 Å². The molecule has 1 fully saturated rings. The minimum absolute atomic E-state index is 0.0103. The van der Waals surface area contributed by atoms with E-state index in [0.717, 1.165) is 4.68 Å². The maximum absolute atomic E-state index is 13.6. The first-order chi connectivity index (χ1) is 18.0. The van der Waals surface area contributed by atoms with Crippen LogP contribution >= 0.6 is 11.6 Å².